The van der Waals surface area contributed by atoms with Gasteiger partial charge in [0, 0.05) is 13.1 Å². The molecule has 0 bridgehead atoms. The van der Waals surface area contributed by atoms with Crippen molar-refractivity contribution in [3.63, 3.8) is 0 Å². The average molecular weight is 277 g/mol. The second-order valence-corrected chi connectivity index (χ2v) is 4.69. The molecule has 17 heavy (non-hydrogen) atoms. The van der Waals surface area contributed by atoms with Crippen LogP contribution in [0.3, 0.4) is 0 Å². The van der Waals surface area contributed by atoms with Gasteiger partial charge in [-0.15, -0.1) is 10.2 Å². The van der Waals surface area contributed by atoms with E-state index in [1.54, 1.807) is 6.92 Å². The van der Waals surface area contributed by atoms with E-state index in [9.17, 15) is 9.59 Å². The third-order valence-electron chi connectivity index (χ3n) is 1.96. The van der Waals surface area contributed by atoms with Crippen molar-refractivity contribution in [1.29, 1.82) is 0 Å². The van der Waals surface area contributed by atoms with Crippen molar-refractivity contribution in [2.24, 2.45) is 0 Å². The van der Waals surface area contributed by atoms with Crippen LogP contribution in [0.1, 0.15) is 23.6 Å². The molecule has 0 spiro atoms. The molecule has 0 aromatic carbocycles. The molecule has 1 aromatic heterocycles. The third kappa shape index (κ3) is 3.94. The van der Waals surface area contributed by atoms with Gasteiger partial charge in [-0.1, -0.05) is 11.3 Å². The first kappa shape index (κ1) is 13.9. The summed E-state index contributed by atoms with van der Waals surface area (Å²) >= 11 is 6.60. The van der Waals surface area contributed by atoms with Crippen molar-refractivity contribution in [2.75, 3.05) is 19.6 Å². The maximum Gasteiger partial charge on any atom is 0.285 e. The van der Waals surface area contributed by atoms with E-state index in [0.717, 1.165) is 11.3 Å². The Morgan fingerprint density at radius 1 is 1.41 bits per heavy atom. The number of likely N-dealkylation sites (N-methyl/N-ethyl adjacent to an activating group) is 2. The summed E-state index contributed by atoms with van der Waals surface area (Å²) in [7, 11) is 0. The predicted octanol–water partition coefficient (Wildman–Crippen LogP) is 0.790. The topological polar surface area (TPSA) is 75.2 Å². The van der Waals surface area contributed by atoms with E-state index in [4.69, 9.17) is 11.6 Å². The fraction of sp³-hybridized carbons (Fsp3) is 0.556. The second kappa shape index (κ2) is 6.51. The zero-order chi connectivity index (χ0) is 12.8. The fourth-order valence-electron chi connectivity index (χ4n) is 1.18. The van der Waals surface area contributed by atoms with E-state index in [0.29, 0.717) is 13.1 Å². The maximum atomic E-state index is 11.9. The zero-order valence-electron chi connectivity index (χ0n) is 9.57. The molecule has 0 saturated heterocycles. The molecule has 0 unspecified atom stereocenters. The van der Waals surface area contributed by atoms with E-state index in [1.807, 2.05) is 6.92 Å². The van der Waals surface area contributed by atoms with Crippen LogP contribution in [-0.2, 0) is 4.79 Å². The van der Waals surface area contributed by atoms with Gasteiger partial charge in [0.25, 0.3) is 5.91 Å². The highest BCUT2D eigenvalue weighted by molar-refractivity contribution is 7.17. The number of nitrogens with zero attached hydrogens (tertiary/aromatic N) is 3. The summed E-state index contributed by atoms with van der Waals surface area (Å²) in [5.74, 6) is -0.526. The maximum absolute atomic E-state index is 11.9. The molecule has 0 fully saturated rings. The molecule has 1 rings (SSSR count). The first-order valence-electron chi connectivity index (χ1n) is 5.13. The molecule has 6 nitrogen and oxygen atoms in total. The van der Waals surface area contributed by atoms with Crippen LogP contribution in [-0.4, -0.2) is 46.5 Å². The molecule has 0 aliphatic heterocycles. The van der Waals surface area contributed by atoms with Gasteiger partial charge >= 0.3 is 0 Å². The summed E-state index contributed by atoms with van der Waals surface area (Å²) in [6.45, 7) is 4.59. The molecule has 0 saturated carbocycles. The smallest absolute Gasteiger partial charge is 0.285 e. The Labute approximate surface area is 108 Å². The SMILES string of the molecule is CCNC(=O)CN(CC)C(=O)c1nnc(Cl)s1. The van der Waals surface area contributed by atoms with Gasteiger partial charge in [0.2, 0.25) is 15.4 Å². The number of carbonyl (C=O) groups is 2. The summed E-state index contributed by atoms with van der Waals surface area (Å²) in [4.78, 5) is 24.7. The van der Waals surface area contributed by atoms with E-state index < -0.39 is 0 Å². The van der Waals surface area contributed by atoms with E-state index in [2.05, 4.69) is 15.5 Å². The van der Waals surface area contributed by atoms with Crippen molar-refractivity contribution in [2.45, 2.75) is 13.8 Å². The highest BCUT2D eigenvalue weighted by Crippen LogP contribution is 2.16. The Kier molecular flexibility index (Phi) is 5.30. The van der Waals surface area contributed by atoms with Crippen LogP contribution in [0.2, 0.25) is 4.47 Å². The Balaban J connectivity index is 2.67. The van der Waals surface area contributed by atoms with Gasteiger partial charge in [0.15, 0.2) is 0 Å². The molecule has 0 radical (unpaired) electrons. The minimum atomic E-state index is -0.330. The molecular weight excluding hydrogens is 264 g/mol. The highest BCUT2D eigenvalue weighted by atomic mass is 35.5. The zero-order valence-corrected chi connectivity index (χ0v) is 11.1. The highest BCUT2D eigenvalue weighted by Gasteiger charge is 2.20. The van der Waals surface area contributed by atoms with Crippen molar-refractivity contribution < 1.29 is 9.59 Å². The van der Waals surface area contributed by atoms with Crippen molar-refractivity contribution in [3.05, 3.63) is 9.47 Å². The summed E-state index contributed by atoms with van der Waals surface area (Å²) in [6.07, 6.45) is 0. The lowest BCUT2D eigenvalue weighted by molar-refractivity contribution is -0.121. The van der Waals surface area contributed by atoms with Gasteiger partial charge in [-0.25, -0.2) is 0 Å². The van der Waals surface area contributed by atoms with Crippen molar-refractivity contribution in [3.8, 4) is 0 Å². The van der Waals surface area contributed by atoms with Crippen LogP contribution in [0.4, 0.5) is 0 Å². The lowest BCUT2D eigenvalue weighted by Crippen LogP contribution is -2.40. The van der Waals surface area contributed by atoms with Gasteiger partial charge < -0.3 is 10.2 Å². The summed E-state index contributed by atoms with van der Waals surface area (Å²) < 4.78 is 0.211. The van der Waals surface area contributed by atoms with E-state index in [1.165, 1.54) is 4.90 Å². The van der Waals surface area contributed by atoms with Crippen molar-refractivity contribution >= 4 is 34.8 Å². The molecule has 8 heteroatoms. The minimum Gasteiger partial charge on any atom is -0.355 e. The molecule has 0 atom stereocenters. The van der Waals surface area contributed by atoms with Gasteiger partial charge in [-0.2, -0.15) is 0 Å². The van der Waals surface area contributed by atoms with Crippen LogP contribution in [0.25, 0.3) is 0 Å². The quantitative estimate of drug-likeness (QED) is 0.863. The summed E-state index contributed by atoms with van der Waals surface area (Å²) in [5.41, 5.74) is 0. The molecule has 1 aromatic rings. The van der Waals surface area contributed by atoms with Gasteiger partial charge in [0.05, 0.1) is 6.54 Å². The summed E-state index contributed by atoms with van der Waals surface area (Å²) in [5, 5.41) is 10.0. The lowest BCUT2D eigenvalue weighted by Gasteiger charge is -2.18. The minimum absolute atomic E-state index is 0.0143. The first-order chi connectivity index (χ1) is 8.08. The van der Waals surface area contributed by atoms with Gasteiger partial charge in [0.1, 0.15) is 0 Å². The standard InChI is InChI=1S/C9H13ClN4O2S/c1-3-11-6(15)5-14(4-2)8(16)7-12-13-9(10)17-7/h3-5H2,1-2H3,(H,11,15). The molecule has 1 heterocycles. The Morgan fingerprint density at radius 3 is 2.59 bits per heavy atom. The molecule has 94 valence electrons. The molecule has 0 aliphatic carbocycles. The number of halogens is 1. The van der Waals surface area contributed by atoms with Crippen LogP contribution >= 0.6 is 22.9 Å². The monoisotopic (exact) mass is 276 g/mol. The number of carbonyl (C=O) groups excluding carboxylic acids is 2. The Bertz CT molecular complexity index is 409. The average Bonchev–Trinajstić information content (AvgIpc) is 2.72. The Morgan fingerprint density at radius 2 is 2.12 bits per heavy atom. The molecular formula is C9H13ClN4O2S. The Hall–Kier alpha value is -1.21. The van der Waals surface area contributed by atoms with Crippen LogP contribution in [0, 0.1) is 0 Å². The van der Waals surface area contributed by atoms with Crippen LogP contribution in [0.5, 0.6) is 0 Å². The van der Waals surface area contributed by atoms with E-state index >= 15 is 0 Å². The van der Waals surface area contributed by atoms with Crippen LogP contribution < -0.4 is 5.32 Å². The van der Waals surface area contributed by atoms with Gasteiger partial charge in [-0.3, -0.25) is 9.59 Å². The number of amides is 2. The number of nitrogens with one attached hydrogen (secondary N) is 1. The molecule has 2 amide bonds. The van der Waals surface area contributed by atoms with Crippen molar-refractivity contribution in [1.82, 2.24) is 20.4 Å². The lowest BCUT2D eigenvalue weighted by atomic mass is 10.4. The predicted molar refractivity (Wildman–Crippen MR) is 65.2 cm³/mol. The third-order valence-corrected chi connectivity index (χ3v) is 2.97. The summed E-state index contributed by atoms with van der Waals surface area (Å²) in [6, 6.07) is 0. The molecule has 0 aliphatic rings. The van der Waals surface area contributed by atoms with Crippen LogP contribution in [0.15, 0.2) is 0 Å². The molecule has 1 N–H and O–H groups in total. The number of rotatable bonds is 5. The fourth-order valence-corrected chi connectivity index (χ4v) is 1.98. The van der Waals surface area contributed by atoms with E-state index in [-0.39, 0.29) is 27.8 Å². The first-order valence-corrected chi connectivity index (χ1v) is 6.32. The number of hydrogen-bond acceptors (Lipinski definition) is 5. The number of aromatic nitrogens is 2. The van der Waals surface area contributed by atoms with Gasteiger partial charge in [-0.05, 0) is 25.4 Å². The second-order valence-electron chi connectivity index (χ2n) is 3.13. The normalized spacial score (nSPS) is 10.1. The largest absolute Gasteiger partial charge is 0.355 e. The number of hydrogen-bond donors (Lipinski definition) is 1.